The molecule has 0 bridgehead atoms. The second-order valence-corrected chi connectivity index (χ2v) is 6.95. The molecule has 0 fully saturated rings. The molecule has 2 N–H and O–H groups in total. The molecule has 3 rings (SSSR count). The number of carbonyl (C=O) groups is 1. The van der Waals surface area contributed by atoms with E-state index < -0.39 is 12.1 Å². The zero-order valence-corrected chi connectivity index (χ0v) is 15.6. The van der Waals surface area contributed by atoms with Crippen LogP contribution in [0.2, 0.25) is 5.02 Å². The van der Waals surface area contributed by atoms with E-state index in [-0.39, 0.29) is 23.4 Å². The van der Waals surface area contributed by atoms with Gasteiger partial charge in [-0.3, -0.25) is 4.79 Å². The summed E-state index contributed by atoms with van der Waals surface area (Å²) in [6, 6.07) is 1.65. The van der Waals surface area contributed by atoms with Crippen molar-refractivity contribution in [2.75, 3.05) is 6.54 Å². The minimum Gasteiger partial charge on any atom is -0.354 e. The standard InChI is InChI=1S/C15H9ClF3N5OS2/c1-20-8-9-11(13(26)23-6-22-9)24(4-3-21-14(25)15(17,18)19)10(8)12-7(16)2-5-27-12/h2,5-6H,3-4H2,(H,21,25)(H,22,23,26). The van der Waals surface area contributed by atoms with Gasteiger partial charge >= 0.3 is 12.1 Å². The lowest BCUT2D eigenvalue weighted by molar-refractivity contribution is -0.173. The van der Waals surface area contributed by atoms with Gasteiger partial charge in [-0.1, -0.05) is 23.8 Å². The van der Waals surface area contributed by atoms with Crippen LogP contribution in [0.1, 0.15) is 0 Å². The number of nitrogens with zero attached hydrogens (tertiary/aromatic N) is 3. The Morgan fingerprint density at radius 1 is 1.52 bits per heavy atom. The van der Waals surface area contributed by atoms with Crippen LogP contribution in [0.3, 0.4) is 0 Å². The number of carbonyl (C=O) groups excluding carboxylic acids is 1. The average molecular weight is 432 g/mol. The molecule has 0 aliphatic heterocycles. The van der Waals surface area contributed by atoms with E-state index in [2.05, 4.69) is 14.8 Å². The number of rotatable bonds is 4. The Balaban J connectivity index is 2.13. The highest BCUT2D eigenvalue weighted by Crippen LogP contribution is 2.44. The van der Waals surface area contributed by atoms with Gasteiger partial charge in [0.2, 0.25) is 5.69 Å². The number of thiophene rings is 1. The van der Waals surface area contributed by atoms with Gasteiger partial charge in [0.15, 0.2) is 4.64 Å². The van der Waals surface area contributed by atoms with Gasteiger partial charge in [0.05, 0.1) is 39.5 Å². The molecule has 0 aliphatic rings. The first-order chi connectivity index (χ1) is 12.8. The van der Waals surface area contributed by atoms with Gasteiger partial charge in [0.1, 0.15) is 0 Å². The number of hydrogen-bond donors (Lipinski definition) is 2. The third-order valence-electron chi connectivity index (χ3n) is 3.65. The van der Waals surface area contributed by atoms with Crippen LogP contribution < -0.4 is 5.32 Å². The van der Waals surface area contributed by atoms with Gasteiger partial charge in [-0.05, 0) is 11.4 Å². The van der Waals surface area contributed by atoms with E-state index in [0.717, 1.165) is 0 Å². The Kier molecular flexibility index (Phi) is 5.23. The number of halogens is 4. The second-order valence-electron chi connectivity index (χ2n) is 5.24. The SMILES string of the molecule is [C-]#[N+]c1c(-c2sccc2Cl)n(CCNC(=O)C(F)(F)F)c2c(=S)nc[nH]c12. The molecular weight excluding hydrogens is 423 g/mol. The Morgan fingerprint density at radius 2 is 2.26 bits per heavy atom. The first kappa shape index (κ1) is 19.3. The highest BCUT2D eigenvalue weighted by Gasteiger charge is 2.38. The van der Waals surface area contributed by atoms with Crippen molar-refractivity contribution in [1.82, 2.24) is 19.9 Å². The largest absolute Gasteiger partial charge is 0.471 e. The van der Waals surface area contributed by atoms with Gasteiger partial charge in [-0.15, -0.1) is 11.3 Å². The maximum Gasteiger partial charge on any atom is 0.471 e. The maximum absolute atomic E-state index is 12.4. The van der Waals surface area contributed by atoms with Crippen molar-refractivity contribution in [3.05, 3.63) is 38.9 Å². The van der Waals surface area contributed by atoms with Crippen molar-refractivity contribution in [3.8, 4) is 10.6 Å². The van der Waals surface area contributed by atoms with Crippen molar-refractivity contribution in [2.45, 2.75) is 12.7 Å². The summed E-state index contributed by atoms with van der Waals surface area (Å²) >= 11 is 12.7. The zero-order valence-electron chi connectivity index (χ0n) is 13.2. The van der Waals surface area contributed by atoms with E-state index in [0.29, 0.717) is 26.6 Å². The summed E-state index contributed by atoms with van der Waals surface area (Å²) < 4.78 is 38.9. The number of hydrogen-bond acceptors (Lipinski definition) is 4. The smallest absolute Gasteiger partial charge is 0.354 e. The Hall–Kier alpha value is -2.42. The highest BCUT2D eigenvalue weighted by molar-refractivity contribution is 7.71. The third-order valence-corrected chi connectivity index (χ3v) is 5.30. The normalized spacial score (nSPS) is 11.5. The Labute approximate surface area is 164 Å². The van der Waals surface area contributed by atoms with E-state index >= 15 is 0 Å². The number of fused-ring (bicyclic) bond motifs is 1. The van der Waals surface area contributed by atoms with E-state index in [1.54, 1.807) is 16.0 Å². The molecule has 0 aliphatic carbocycles. The molecule has 6 nitrogen and oxygen atoms in total. The van der Waals surface area contributed by atoms with Gasteiger partial charge in [0.25, 0.3) is 0 Å². The lowest BCUT2D eigenvalue weighted by Crippen LogP contribution is -2.38. The molecule has 0 radical (unpaired) electrons. The van der Waals surface area contributed by atoms with Gasteiger partial charge in [-0.2, -0.15) is 13.2 Å². The van der Waals surface area contributed by atoms with E-state index in [4.69, 9.17) is 30.4 Å². The molecule has 0 saturated heterocycles. The molecule has 0 spiro atoms. The highest BCUT2D eigenvalue weighted by atomic mass is 35.5. The van der Waals surface area contributed by atoms with Crippen LogP contribution in [0.15, 0.2) is 17.8 Å². The number of H-pyrrole nitrogens is 1. The average Bonchev–Trinajstić information content (AvgIpc) is 3.15. The fourth-order valence-electron chi connectivity index (χ4n) is 2.59. The summed E-state index contributed by atoms with van der Waals surface area (Å²) in [6.45, 7) is 7.16. The zero-order chi connectivity index (χ0) is 19.8. The van der Waals surface area contributed by atoms with E-state index in [1.165, 1.54) is 17.7 Å². The number of nitrogens with one attached hydrogen (secondary N) is 2. The monoisotopic (exact) mass is 431 g/mol. The second kappa shape index (κ2) is 7.30. The molecule has 27 heavy (non-hydrogen) atoms. The van der Waals surface area contributed by atoms with Crippen molar-refractivity contribution in [3.63, 3.8) is 0 Å². The molecule has 0 aromatic carbocycles. The molecule has 0 unspecified atom stereocenters. The quantitative estimate of drug-likeness (QED) is 0.464. The minimum absolute atomic E-state index is 0.0550. The first-order valence-electron chi connectivity index (χ1n) is 7.31. The van der Waals surface area contributed by atoms with Crippen LogP contribution >= 0.6 is 35.2 Å². The van der Waals surface area contributed by atoms with E-state index in [9.17, 15) is 18.0 Å². The summed E-state index contributed by atoms with van der Waals surface area (Å²) in [5, 5.41) is 3.94. The van der Waals surface area contributed by atoms with Gasteiger partial charge in [0, 0.05) is 13.1 Å². The Bertz CT molecular complexity index is 1130. The van der Waals surface area contributed by atoms with Crippen LogP contribution in [-0.4, -0.2) is 33.2 Å². The summed E-state index contributed by atoms with van der Waals surface area (Å²) in [7, 11) is 0. The number of alkyl halides is 3. The summed E-state index contributed by atoms with van der Waals surface area (Å²) in [5.41, 5.74) is 1.44. The predicted molar refractivity (Wildman–Crippen MR) is 98.6 cm³/mol. The predicted octanol–water partition coefficient (Wildman–Crippen LogP) is 4.71. The molecule has 3 aromatic rings. The lowest BCUT2D eigenvalue weighted by Gasteiger charge is -2.12. The molecule has 1 amide bonds. The molecule has 0 atom stereocenters. The van der Waals surface area contributed by atoms with Crippen molar-refractivity contribution >= 4 is 57.8 Å². The molecule has 3 aromatic heterocycles. The Morgan fingerprint density at radius 3 is 2.85 bits per heavy atom. The lowest BCUT2D eigenvalue weighted by atomic mass is 10.3. The van der Waals surface area contributed by atoms with E-state index in [1.807, 2.05) is 5.32 Å². The molecule has 12 heteroatoms. The van der Waals surface area contributed by atoms with Crippen LogP contribution in [0.25, 0.3) is 26.4 Å². The van der Waals surface area contributed by atoms with Crippen molar-refractivity contribution in [1.29, 1.82) is 0 Å². The topological polar surface area (TPSA) is 67.1 Å². The summed E-state index contributed by atoms with van der Waals surface area (Å²) in [4.78, 5) is 22.0. The van der Waals surface area contributed by atoms with Crippen LogP contribution in [0, 0.1) is 11.2 Å². The van der Waals surface area contributed by atoms with Crippen molar-refractivity contribution < 1.29 is 18.0 Å². The molecular formula is C15H9ClF3N5OS2. The summed E-state index contributed by atoms with van der Waals surface area (Å²) in [6.07, 6.45) is -3.63. The molecule has 0 saturated carbocycles. The molecule has 140 valence electrons. The van der Waals surface area contributed by atoms with Crippen LogP contribution in [0.4, 0.5) is 18.9 Å². The van der Waals surface area contributed by atoms with Crippen LogP contribution in [-0.2, 0) is 11.3 Å². The fourth-order valence-corrected chi connectivity index (χ4v) is 4.05. The van der Waals surface area contributed by atoms with Crippen LogP contribution in [0.5, 0.6) is 0 Å². The number of aromatic nitrogens is 3. The molecule has 3 heterocycles. The first-order valence-corrected chi connectivity index (χ1v) is 8.98. The number of aromatic amines is 1. The minimum atomic E-state index is -4.97. The van der Waals surface area contributed by atoms with Gasteiger partial charge < -0.3 is 14.9 Å². The fraction of sp³-hybridized carbons (Fsp3) is 0.200. The summed E-state index contributed by atoms with van der Waals surface area (Å²) in [5.74, 6) is -2.04. The maximum atomic E-state index is 12.4. The third kappa shape index (κ3) is 3.55. The van der Waals surface area contributed by atoms with Gasteiger partial charge in [-0.25, -0.2) is 9.83 Å². The van der Waals surface area contributed by atoms with Crippen molar-refractivity contribution in [2.24, 2.45) is 0 Å². The number of amides is 1.